The van der Waals surface area contributed by atoms with Gasteiger partial charge in [0.15, 0.2) is 11.0 Å². The summed E-state index contributed by atoms with van der Waals surface area (Å²) in [5.41, 5.74) is 2.68. The summed E-state index contributed by atoms with van der Waals surface area (Å²) < 4.78 is 13.3. The van der Waals surface area contributed by atoms with Crippen LogP contribution in [-0.4, -0.2) is 34.6 Å². The smallest absolute Gasteiger partial charge is 0.191 e. The zero-order chi connectivity index (χ0) is 20.1. The highest BCUT2D eigenvalue weighted by Crippen LogP contribution is 2.29. The van der Waals surface area contributed by atoms with Crippen molar-refractivity contribution in [2.45, 2.75) is 36.4 Å². The number of methoxy groups -OCH3 is 1. The Balaban J connectivity index is 1.62. The molecule has 1 fully saturated rings. The molecule has 6 nitrogen and oxygen atoms in total. The molecule has 0 radical (unpaired) electrons. The second-order valence-corrected chi connectivity index (χ2v) is 7.78. The van der Waals surface area contributed by atoms with Crippen LogP contribution in [0.3, 0.4) is 0 Å². The number of aromatic nitrogens is 3. The first-order valence-electron chi connectivity index (χ1n) is 9.58. The van der Waals surface area contributed by atoms with E-state index in [1.165, 1.54) is 0 Å². The van der Waals surface area contributed by atoms with E-state index in [1.54, 1.807) is 18.9 Å². The number of rotatable bonds is 7. The maximum Gasteiger partial charge on any atom is 0.191 e. The van der Waals surface area contributed by atoms with E-state index in [-0.39, 0.29) is 6.10 Å². The van der Waals surface area contributed by atoms with Crippen LogP contribution in [0.1, 0.15) is 24.0 Å². The first-order chi connectivity index (χ1) is 14.3. The van der Waals surface area contributed by atoms with Crippen LogP contribution in [0.4, 0.5) is 0 Å². The zero-order valence-corrected chi connectivity index (χ0v) is 17.1. The van der Waals surface area contributed by atoms with Crippen molar-refractivity contribution in [3.63, 3.8) is 0 Å². The molecular formula is C22H22N4O2S. The van der Waals surface area contributed by atoms with Gasteiger partial charge in [-0.15, -0.1) is 10.2 Å². The van der Waals surface area contributed by atoms with E-state index < -0.39 is 0 Å². The molecule has 2 aromatic carbocycles. The van der Waals surface area contributed by atoms with Crippen LogP contribution in [0.15, 0.2) is 53.7 Å². The number of ether oxygens (including phenoxy) is 2. The summed E-state index contributed by atoms with van der Waals surface area (Å²) >= 11 is 1.59. The van der Waals surface area contributed by atoms with E-state index in [0.29, 0.717) is 11.3 Å². The Kier molecular flexibility index (Phi) is 6.13. The second-order valence-electron chi connectivity index (χ2n) is 6.84. The third kappa shape index (κ3) is 4.44. The van der Waals surface area contributed by atoms with Crippen LogP contribution in [0.5, 0.6) is 5.75 Å². The molecule has 0 spiro atoms. The molecule has 29 heavy (non-hydrogen) atoms. The van der Waals surface area contributed by atoms with Crippen molar-refractivity contribution >= 4 is 11.8 Å². The molecule has 3 aromatic rings. The fraction of sp³-hybridized carbons (Fsp3) is 0.318. The van der Waals surface area contributed by atoms with Gasteiger partial charge in [-0.1, -0.05) is 30.0 Å². The van der Waals surface area contributed by atoms with Gasteiger partial charge < -0.3 is 9.47 Å². The van der Waals surface area contributed by atoms with Crippen molar-refractivity contribution in [1.29, 1.82) is 5.26 Å². The molecule has 1 aliphatic heterocycles. The maximum absolute atomic E-state index is 9.34. The number of benzene rings is 2. The fourth-order valence-electron chi connectivity index (χ4n) is 3.40. The molecule has 148 valence electrons. The molecule has 0 saturated carbocycles. The molecule has 1 aliphatic rings. The highest BCUT2D eigenvalue weighted by molar-refractivity contribution is 7.98. The summed E-state index contributed by atoms with van der Waals surface area (Å²) in [6, 6.07) is 17.8. The van der Waals surface area contributed by atoms with Crippen molar-refractivity contribution in [2.75, 3.05) is 13.7 Å². The SMILES string of the molecule is COc1ccc(-c2nnc(SCc3ccccc3C#N)n2C[C@H]2CCCO2)cc1. The number of thioether (sulfide) groups is 1. The van der Waals surface area contributed by atoms with Gasteiger partial charge in [-0.05, 0) is 48.7 Å². The lowest BCUT2D eigenvalue weighted by molar-refractivity contribution is 0.0953. The minimum atomic E-state index is 0.175. The van der Waals surface area contributed by atoms with Gasteiger partial charge in [-0.2, -0.15) is 5.26 Å². The summed E-state index contributed by atoms with van der Waals surface area (Å²) in [5.74, 6) is 2.29. The monoisotopic (exact) mass is 406 g/mol. The molecule has 0 amide bonds. The molecule has 0 bridgehead atoms. The normalized spacial score (nSPS) is 15.9. The van der Waals surface area contributed by atoms with Crippen LogP contribution in [0, 0.1) is 11.3 Å². The highest BCUT2D eigenvalue weighted by Gasteiger charge is 2.22. The van der Waals surface area contributed by atoms with Crippen LogP contribution >= 0.6 is 11.8 Å². The summed E-state index contributed by atoms with van der Waals surface area (Å²) in [4.78, 5) is 0. The van der Waals surface area contributed by atoms with Crippen LogP contribution in [0.2, 0.25) is 0 Å². The Morgan fingerprint density at radius 2 is 2.03 bits per heavy atom. The molecule has 0 N–H and O–H groups in total. The molecule has 7 heteroatoms. The Hall–Kier alpha value is -2.82. The van der Waals surface area contributed by atoms with Gasteiger partial charge in [0, 0.05) is 17.9 Å². The third-order valence-corrected chi connectivity index (χ3v) is 5.99. The van der Waals surface area contributed by atoms with Gasteiger partial charge in [-0.25, -0.2) is 0 Å². The maximum atomic E-state index is 9.34. The quantitative estimate of drug-likeness (QED) is 0.545. The lowest BCUT2D eigenvalue weighted by atomic mass is 10.1. The molecule has 1 atom stereocenters. The number of nitriles is 1. The standard InChI is InChI=1S/C22H22N4O2S/c1-27-19-10-8-16(9-11-19)21-24-25-22(26(21)14-20-7-4-12-28-20)29-15-18-6-3-2-5-17(18)13-23/h2-3,5-6,8-11,20H,4,7,12,14-15H2,1H3/t20-/m1/s1. The van der Waals surface area contributed by atoms with E-state index in [9.17, 15) is 5.26 Å². The van der Waals surface area contributed by atoms with Gasteiger partial charge in [0.25, 0.3) is 0 Å². The van der Waals surface area contributed by atoms with Crippen LogP contribution in [-0.2, 0) is 17.0 Å². The van der Waals surface area contributed by atoms with Crippen molar-refractivity contribution < 1.29 is 9.47 Å². The summed E-state index contributed by atoms with van der Waals surface area (Å²) in [6.07, 6.45) is 2.30. The van der Waals surface area contributed by atoms with E-state index >= 15 is 0 Å². The number of hydrogen-bond acceptors (Lipinski definition) is 6. The summed E-state index contributed by atoms with van der Waals surface area (Å²) in [7, 11) is 1.66. The minimum absolute atomic E-state index is 0.175. The molecule has 1 aromatic heterocycles. The van der Waals surface area contributed by atoms with Gasteiger partial charge >= 0.3 is 0 Å². The van der Waals surface area contributed by atoms with E-state index in [1.807, 2.05) is 48.5 Å². The molecule has 0 aliphatic carbocycles. The van der Waals surface area contributed by atoms with Crippen molar-refractivity contribution in [1.82, 2.24) is 14.8 Å². The van der Waals surface area contributed by atoms with E-state index in [4.69, 9.17) is 9.47 Å². The lowest BCUT2D eigenvalue weighted by Crippen LogP contribution is -2.16. The average molecular weight is 407 g/mol. The third-order valence-electron chi connectivity index (χ3n) is 4.97. The molecule has 0 unspecified atom stereocenters. The van der Waals surface area contributed by atoms with Crippen LogP contribution in [0.25, 0.3) is 11.4 Å². The van der Waals surface area contributed by atoms with Gasteiger partial charge in [-0.3, -0.25) is 4.57 Å². The molecular weight excluding hydrogens is 384 g/mol. The highest BCUT2D eigenvalue weighted by atomic mass is 32.2. The second kappa shape index (κ2) is 9.12. The largest absolute Gasteiger partial charge is 0.497 e. The molecule has 1 saturated heterocycles. The van der Waals surface area contributed by atoms with E-state index in [0.717, 1.165) is 53.9 Å². The predicted molar refractivity (Wildman–Crippen MR) is 112 cm³/mol. The summed E-state index contributed by atoms with van der Waals surface area (Å²) in [6.45, 7) is 1.53. The Labute approximate surface area is 174 Å². The fourth-order valence-corrected chi connectivity index (χ4v) is 4.35. The average Bonchev–Trinajstić information content (AvgIpc) is 3.43. The van der Waals surface area contributed by atoms with E-state index in [2.05, 4.69) is 20.8 Å². The lowest BCUT2D eigenvalue weighted by Gasteiger charge is -2.15. The summed E-state index contributed by atoms with van der Waals surface area (Å²) in [5, 5.41) is 19.1. The Bertz CT molecular complexity index is 1000. The van der Waals surface area contributed by atoms with Gasteiger partial charge in [0.2, 0.25) is 0 Å². The van der Waals surface area contributed by atoms with Crippen molar-refractivity contribution in [3.05, 3.63) is 59.7 Å². The van der Waals surface area contributed by atoms with Crippen molar-refractivity contribution in [2.24, 2.45) is 0 Å². The van der Waals surface area contributed by atoms with Gasteiger partial charge in [0.1, 0.15) is 5.75 Å². The molecule has 2 heterocycles. The predicted octanol–water partition coefficient (Wildman–Crippen LogP) is 4.30. The first-order valence-corrected chi connectivity index (χ1v) is 10.6. The Morgan fingerprint density at radius 1 is 1.21 bits per heavy atom. The van der Waals surface area contributed by atoms with Gasteiger partial charge in [0.05, 0.1) is 31.4 Å². The zero-order valence-electron chi connectivity index (χ0n) is 16.2. The van der Waals surface area contributed by atoms with Crippen molar-refractivity contribution in [3.8, 4) is 23.2 Å². The van der Waals surface area contributed by atoms with Crippen LogP contribution < -0.4 is 4.74 Å². The topological polar surface area (TPSA) is 73.0 Å². The first kappa shape index (κ1) is 19.5. The number of nitrogens with zero attached hydrogens (tertiary/aromatic N) is 4. The number of hydrogen-bond donors (Lipinski definition) is 0. The minimum Gasteiger partial charge on any atom is -0.497 e. The Morgan fingerprint density at radius 3 is 2.76 bits per heavy atom. The molecule has 4 rings (SSSR count).